The van der Waals surface area contributed by atoms with Gasteiger partial charge in [0.25, 0.3) is 0 Å². The van der Waals surface area contributed by atoms with Gasteiger partial charge >= 0.3 is 0 Å². The molecule has 0 amide bonds. The fraction of sp³-hybridized carbons (Fsp3) is 0. The zero-order valence-corrected chi connectivity index (χ0v) is 11.0. The van der Waals surface area contributed by atoms with Crippen LogP contribution in [0.1, 0.15) is 0 Å². The van der Waals surface area contributed by atoms with E-state index in [1.54, 1.807) is 24.3 Å². The largest absolute Gasteiger partial charge is 0.508 e. The number of phenols is 1. The predicted octanol–water partition coefficient (Wildman–Crippen LogP) is 3.08. The van der Waals surface area contributed by atoms with Crippen LogP contribution < -0.4 is 0 Å². The molecule has 0 unspecified atom stereocenters. The Hall–Kier alpha value is -0.409. The van der Waals surface area contributed by atoms with Crippen LogP contribution in [0, 0.1) is 40.8 Å². The van der Waals surface area contributed by atoms with Crippen LogP contribution in [0.25, 0.3) is 0 Å². The second kappa shape index (κ2) is 9.16. The molecule has 0 aliphatic carbocycles. The van der Waals surface area contributed by atoms with Crippen molar-refractivity contribution in [1.82, 2.24) is 0 Å². The summed E-state index contributed by atoms with van der Waals surface area (Å²) in [6, 6.07) is 20.7. The second-order valence-corrected chi connectivity index (χ2v) is 2.49. The Morgan fingerprint density at radius 3 is 1.07 bits per heavy atom. The zero-order valence-electron chi connectivity index (χ0n) is 7.80. The summed E-state index contributed by atoms with van der Waals surface area (Å²) >= 11 is 0. The monoisotopic (exact) mass is 314 g/mol. The Bertz CT molecular complexity index is 281. The van der Waals surface area contributed by atoms with Crippen molar-refractivity contribution in [3.8, 4) is 5.75 Å². The quantitative estimate of drug-likeness (QED) is 0.792. The van der Waals surface area contributed by atoms with E-state index in [1.807, 2.05) is 42.5 Å². The molecule has 0 aliphatic rings. The van der Waals surface area contributed by atoms with Gasteiger partial charge in [0.15, 0.2) is 0 Å². The molecule has 0 fully saturated rings. The average Bonchev–Trinajstić information content (AvgIpc) is 2.22. The van der Waals surface area contributed by atoms with Crippen molar-refractivity contribution >= 4 is 0 Å². The van der Waals surface area contributed by atoms with Gasteiger partial charge in [-0.05, 0) is 12.1 Å². The molecule has 2 aromatic carbocycles. The summed E-state index contributed by atoms with van der Waals surface area (Å²) in [6.07, 6.45) is 0. The molecule has 0 saturated heterocycles. The van der Waals surface area contributed by atoms with E-state index in [4.69, 9.17) is 5.11 Å². The molecule has 2 heteroatoms. The van der Waals surface area contributed by atoms with Crippen LogP contribution in [0.4, 0.5) is 0 Å². The molecule has 1 N–H and O–H groups in total. The van der Waals surface area contributed by atoms with Crippen LogP contribution in [-0.2, 0) is 0 Å². The molecule has 1 nitrogen and oxygen atoms in total. The van der Waals surface area contributed by atoms with Crippen LogP contribution in [0.5, 0.6) is 5.75 Å². The first-order chi connectivity index (χ1) is 6.39. The molecule has 0 bridgehead atoms. The van der Waals surface area contributed by atoms with Crippen molar-refractivity contribution in [2.45, 2.75) is 0 Å². The summed E-state index contributed by atoms with van der Waals surface area (Å²) in [5.74, 6) is 0.322. The third-order valence-corrected chi connectivity index (χ3v) is 1.42. The third-order valence-electron chi connectivity index (χ3n) is 1.42. The predicted molar refractivity (Wildman–Crippen MR) is 54.5 cm³/mol. The molecule has 0 spiro atoms. The van der Waals surface area contributed by atoms with Gasteiger partial charge in [0.05, 0.1) is 0 Å². The summed E-state index contributed by atoms with van der Waals surface area (Å²) in [7, 11) is 0. The van der Waals surface area contributed by atoms with E-state index in [0.717, 1.165) is 0 Å². The van der Waals surface area contributed by atoms with Crippen molar-refractivity contribution in [3.05, 3.63) is 66.7 Å². The summed E-state index contributed by atoms with van der Waals surface area (Å²) in [5, 5.41) is 8.63. The normalized spacial score (nSPS) is 7.71. The van der Waals surface area contributed by atoms with Gasteiger partial charge in [0, 0.05) is 40.8 Å². The minimum absolute atomic E-state index is 0. The number of hydrogen-bond donors (Lipinski definition) is 1. The molecule has 2 aromatic rings. The zero-order chi connectivity index (χ0) is 9.36. The van der Waals surface area contributed by atoms with Crippen molar-refractivity contribution in [1.29, 1.82) is 0 Å². The minimum Gasteiger partial charge on any atom is -0.508 e. The van der Waals surface area contributed by atoms with Crippen molar-refractivity contribution in [3.63, 3.8) is 0 Å². The number of benzene rings is 2. The van der Waals surface area contributed by atoms with E-state index >= 15 is 0 Å². The fourth-order valence-corrected chi connectivity index (χ4v) is 0.813. The summed E-state index contributed by atoms with van der Waals surface area (Å²) in [6.45, 7) is 0. The smallest absolute Gasteiger partial charge is 0.115 e. The molecule has 0 radical (unpaired) electrons. The molecule has 0 atom stereocenters. The molecule has 2 rings (SSSR count). The maximum absolute atomic E-state index is 8.63. The molecule has 14 heavy (non-hydrogen) atoms. The Morgan fingerprint density at radius 2 is 0.857 bits per heavy atom. The molecule has 0 aromatic heterocycles. The van der Waals surface area contributed by atoms with Gasteiger partial charge in [0.1, 0.15) is 5.75 Å². The molecule has 0 heterocycles. The van der Waals surface area contributed by atoms with E-state index < -0.39 is 0 Å². The van der Waals surface area contributed by atoms with Crippen molar-refractivity contribution in [2.75, 3.05) is 0 Å². The Morgan fingerprint density at radius 1 is 0.571 bits per heavy atom. The SMILES string of the molecule is Oc1ccccc1.[Nd].c1ccccc1. The first-order valence-corrected chi connectivity index (χ1v) is 4.13. The van der Waals surface area contributed by atoms with Crippen molar-refractivity contribution < 1.29 is 45.9 Å². The Labute approximate surface area is 117 Å². The molecule has 70 valence electrons. The molecule has 0 saturated carbocycles. The molecular formula is C12H12NdO. The van der Waals surface area contributed by atoms with Crippen LogP contribution in [0.15, 0.2) is 66.7 Å². The van der Waals surface area contributed by atoms with E-state index in [-0.39, 0.29) is 40.8 Å². The third kappa shape index (κ3) is 7.04. The van der Waals surface area contributed by atoms with Gasteiger partial charge in [-0.1, -0.05) is 54.6 Å². The maximum Gasteiger partial charge on any atom is 0.115 e. The summed E-state index contributed by atoms with van der Waals surface area (Å²) < 4.78 is 0. The topological polar surface area (TPSA) is 20.2 Å². The second-order valence-electron chi connectivity index (χ2n) is 2.49. The summed E-state index contributed by atoms with van der Waals surface area (Å²) in [5.41, 5.74) is 0. The van der Waals surface area contributed by atoms with Gasteiger partial charge in [-0.2, -0.15) is 0 Å². The molecule has 0 aliphatic heterocycles. The first-order valence-electron chi connectivity index (χ1n) is 4.13. The average molecular weight is 316 g/mol. The number of phenolic OH excluding ortho intramolecular Hbond substituents is 1. The van der Waals surface area contributed by atoms with Gasteiger partial charge in [-0.25, -0.2) is 0 Å². The standard InChI is InChI=1S/C6H6O.C6H6.Nd/c7-6-4-2-1-3-5-6;1-2-4-6-5-3-1;/h1-5,7H;1-6H;. The van der Waals surface area contributed by atoms with E-state index in [0.29, 0.717) is 5.75 Å². The van der Waals surface area contributed by atoms with Crippen molar-refractivity contribution in [2.24, 2.45) is 0 Å². The van der Waals surface area contributed by atoms with Gasteiger partial charge < -0.3 is 5.11 Å². The number of rotatable bonds is 0. The van der Waals surface area contributed by atoms with Gasteiger partial charge in [-0.15, -0.1) is 0 Å². The first kappa shape index (κ1) is 13.6. The van der Waals surface area contributed by atoms with Crippen LogP contribution in [0.2, 0.25) is 0 Å². The van der Waals surface area contributed by atoms with Gasteiger partial charge in [-0.3, -0.25) is 0 Å². The fourth-order valence-electron chi connectivity index (χ4n) is 0.813. The summed E-state index contributed by atoms with van der Waals surface area (Å²) in [4.78, 5) is 0. The van der Waals surface area contributed by atoms with E-state index in [2.05, 4.69) is 0 Å². The van der Waals surface area contributed by atoms with Crippen LogP contribution in [0.3, 0.4) is 0 Å². The van der Waals surface area contributed by atoms with Crippen LogP contribution in [-0.4, -0.2) is 5.11 Å². The number of hydrogen-bond acceptors (Lipinski definition) is 1. The van der Waals surface area contributed by atoms with Gasteiger partial charge in [0.2, 0.25) is 0 Å². The Balaban J connectivity index is 0.000000227. The minimum atomic E-state index is 0. The molecular weight excluding hydrogens is 304 g/mol. The van der Waals surface area contributed by atoms with Crippen LogP contribution >= 0.6 is 0 Å². The van der Waals surface area contributed by atoms with E-state index in [9.17, 15) is 0 Å². The Kier molecular flexibility index (Phi) is 8.89. The number of para-hydroxylation sites is 1. The van der Waals surface area contributed by atoms with E-state index in [1.165, 1.54) is 0 Å². The maximum atomic E-state index is 8.63. The number of aromatic hydroxyl groups is 1.